The molecule has 0 aliphatic heterocycles. The molecule has 0 aliphatic carbocycles. The Hall–Kier alpha value is -2.00. The third-order valence-electron chi connectivity index (χ3n) is 3.44. The van der Waals surface area contributed by atoms with Gasteiger partial charge in [-0.3, -0.25) is 0 Å². The first-order chi connectivity index (χ1) is 10.1. The fraction of sp³-hybridized carbons (Fsp3) is 0.333. The van der Waals surface area contributed by atoms with Gasteiger partial charge in [-0.25, -0.2) is 0 Å². The number of benzene rings is 2. The highest BCUT2D eigenvalue weighted by Crippen LogP contribution is 2.27. The number of rotatable bonds is 6. The fourth-order valence-electron chi connectivity index (χ4n) is 2.22. The molecular formula is C18H22O3. The van der Waals surface area contributed by atoms with E-state index in [1.165, 1.54) is 0 Å². The molecule has 0 aliphatic rings. The van der Waals surface area contributed by atoms with Gasteiger partial charge in [0.25, 0.3) is 0 Å². The smallest absolute Gasteiger partial charge is 0.131 e. The molecule has 0 aromatic heterocycles. The predicted octanol–water partition coefficient (Wildman–Crippen LogP) is 3.83. The average Bonchev–Trinajstić information content (AvgIpc) is 2.53. The van der Waals surface area contributed by atoms with E-state index >= 15 is 0 Å². The van der Waals surface area contributed by atoms with Gasteiger partial charge >= 0.3 is 0 Å². The minimum atomic E-state index is -0.659. The summed E-state index contributed by atoms with van der Waals surface area (Å²) in [5, 5.41) is 10.6. The molecule has 0 spiro atoms. The van der Waals surface area contributed by atoms with Gasteiger partial charge in [0.05, 0.1) is 7.11 Å². The lowest BCUT2D eigenvalue weighted by Crippen LogP contribution is -2.30. The van der Waals surface area contributed by atoms with E-state index in [0.29, 0.717) is 0 Å². The molecule has 2 unspecified atom stereocenters. The van der Waals surface area contributed by atoms with E-state index in [1.807, 2.05) is 68.4 Å². The van der Waals surface area contributed by atoms with Gasteiger partial charge in [0, 0.05) is 0 Å². The van der Waals surface area contributed by atoms with Crippen molar-refractivity contribution in [3.63, 3.8) is 0 Å². The van der Waals surface area contributed by atoms with E-state index in [4.69, 9.17) is 9.47 Å². The summed E-state index contributed by atoms with van der Waals surface area (Å²) in [6.07, 6.45) is -0.964. The van der Waals surface area contributed by atoms with Crippen LogP contribution in [0.5, 0.6) is 11.5 Å². The summed E-state index contributed by atoms with van der Waals surface area (Å²) in [7, 11) is 1.63. The van der Waals surface area contributed by atoms with Crippen molar-refractivity contribution >= 4 is 0 Å². The van der Waals surface area contributed by atoms with E-state index in [0.717, 1.165) is 17.1 Å². The van der Waals surface area contributed by atoms with Crippen LogP contribution in [0.1, 0.15) is 25.5 Å². The van der Waals surface area contributed by atoms with Crippen molar-refractivity contribution in [2.45, 2.75) is 26.1 Å². The summed E-state index contributed by atoms with van der Waals surface area (Å²) >= 11 is 0. The van der Waals surface area contributed by atoms with E-state index in [9.17, 15) is 5.11 Å². The molecule has 2 rings (SSSR count). The Kier molecular flexibility index (Phi) is 5.23. The lowest BCUT2D eigenvalue weighted by atomic mass is 9.96. The number of aliphatic hydroxyl groups excluding tert-OH is 1. The number of hydrogen-bond donors (Lipinski definition) is 1. The summed E-state index contributed by atoms with van der Waals surface area (Å²) in [5.41, 5.74) is 0.865. The van der Waals surface area contributed by atoms with Crippen LogP contribution >= 0.6 is 0 Å². The molecule has 2 atom stereocenters. The molecule has 1 N–H and O–H groups in total. The van der Waals surface area contributed by atoms with E-state index < -0.39 is 6.10 Å². The van der Waals surface area contributed by atoms with Gasteiger partial charge in [0.1, 0.15) is 23.7 Å². The van der Waals surface area contributed by atoms with Gasteiger partial charge in [-0.1, -0.05) is 44.2 Å². The predicted molar refractivity (Wildman–Crippen MR) is 83.6 cm³/mol. The van der Waals surface area contributed by atoms with Crippen LogP contribution in [0.3, 0.4) is 0 Å². The first-order valence-corrected chi connectivity index (χ1v) is 7.15. The van der Waals surface area contributed by atoms with Crippen molar-refractivity contribution in [2.24, 2.45) is 5.92 Å². The monoisotopic (exact) mass is 286 g/mol. The second-order valence-electron chi connectivity index (χ2n) is 5.36. The van der Waals surface area contributed by atoms with E-state index in [-0.39, 0.29) is 12.0 Å². The molecule has 0 radical (unpaired) electrons. The Bertz CT molecular complexity index is 534. The van der Waals surface area contributed by atoms with Crippen LogP contribution in [0.2, 0.25) is 0 Å². The summed E-state index contributed by atoms with van der Waals surface area (Å²) < 4.78 is 11.1. The highest BCUT2D eigenvalue weighted by Gasteiger charge is 2.26. The topological polar surface area (TPSA) is 38.7 Å². The Morgan fingerprint density at radius 3 is 1.95 bits per heavy atom. The zero-order valence-corrected chi connectivity index (χ0v) is 12.7. The SMILES string of the molecule is COc1ccc(OC(C(C)C)C(O)c2ccccc2)cc1. The number of aliphatic hydroxyl groups is 1. The van der Waals surface area contributed by atoms with E-state index in [2.05, 4.69) is 0 Å². The zero-order valence-electron chi connectivity index (χ0n) is 12.7. The molecule has 3 nitrogen and oxygen atoms in total. The molecule has 3 heteroatoms. The van der Waals surface area contributed by atoms with Crippen LogP contribution in [-0.4, -0.2) is 18.3 Å². The molecular weight excluding hydrogens is 264 g/mol. The Morgan fingerprint density at radius 2 is 1.43 bits per heavy atom. The largest absolute Gasteiger partial charge is 0.497 e. The second-order valence-corrected chi connectivity index (χ2v) is 5.36. The molecule has 2 aromatic carbocycles. The minimum absolute atomic E-state index is 0.183. The van der Waals surface area contributed by atoms with Gasteiger partial charge in [-0.05, 0) is 35.7 Å². The van der Waals surface area contributed by atoms with Gasteiger partial charge < -0.3 is 14.6 Å². The Balaban J connectivity index is 2.15. The third kappa shape index (κ3) is 3.99. The molecule has 0 fully saturated rings. The molecule has 0 saturated heterocycles. The lowest BCUT2D eigenvalue weighted by molar-refractivity contribution is 0.00786. The maximum absolute atomic E-state index is 10.6. The van der Waals surface area contributed by atoms with Crippen LogP contribution in [0.15, 0.2) is 54.6 Å². The summed E-state index contributed by atoms with van der Waals surface area (Å²) in [5.74, 6) is 1.69. The van der Waals surface area contributed by atoms with Crippen molar-refractivity contribution in [1.29, 1.82) is 0 Å². The summed E-state index contributed by atoms with van der Waals surface area (Å²) in [6, 6.07) is 17.0. The molecule has 0 bridgehead atoms. The number of hydrogen-bond acceptors (Lipinski definition) is 3. The van der Waals surface area contributed by atoms with Crippen LogP contribution < -0.4 is 9.47 Å². The molecule has 0 heterocycles. The lowest BCUT2D eigenvalue weighted by Gasteiger charge is -2.27. The molecule has 21 heavy (non-hydrogen) atoms. The maximum atomic E-state index is 10.6. The minimum Gasteiger partial charge on any atom is -0.497 e. The van der Waals surface area contributed by atoms with Gasteiger partial charge in [0.2, 0.25) is 0 Å². The van der Waals surface area contributed by atoms with Gasteiger partial charge in [-0.2, -0.15) is 0 Å². The maximum Gasteiger partial charge on any atom is 0.131 e. The quantitative estimate of drug-likeness (QED) is 0.877. The zero-order chi connectivity index (χ0) is 15.2. The fourth-order valence-corrected chi connectivity index (χ4v) is 2.22. The molecule has 2 aromatic rings. The van der Waals surface area contributed by atoms with Gasteiger partial charge in [-0.15, -0.1) is 0 Å². The molecule has 112 valence electrons. The number of methoxy groups -OCH3 is 1. The Morgan fingerprint density at radius 1 is 0.857 bits per heavy atom. The van der Waals surface area contributed by atoms with Crippen LogP contribution in [-0.2, 0) is 0 Å². The average molecular weight is 286 g/mol. The number of ether oxygens (including phenoxy) is 2. The van der Waals surface area contributed by atoms with Gasteiger partial charge in [0.15, 0.2) is 0 Å². The van der Waals surface area contributed by atoms with Crippen molar-refractivity contribution in [1.82, 2.24) is 0 Å². The highest BCUT2D eigenvalue weighted by atomic mass is 16.5. The molecule has 0 saturated carbocycles. The third-order valence-corrected chi connectivity index (χ3v) is 3.44. The van der Waals surface area contributed by atoms with E-state index in [1.54, 1.807) is 7.11 Å². The first kappa shape index (κ1) is 15.4. The van der Waals surface area contributed by atoms with Crippen LogP contribution in [0.4, 0.5) is 0 Å². The van der Waals surface area contributed by atoms with Crippen LogP contribution in [0, 0.1) is 5.92 Å². The second kappa shape index (κ2) is 7.14. The molecule has 0 amide bonds. The van der Waals surface area contributed by atoms with Crippen molar-refractivity contribution in [3.05, 3.63) is 60.2 Å². The highest BCUT2D eigenvalue weighted by molar-refractivity contribution is 5.31. The normalized spacial score (nSPS) is 13.8. The summed E-state index contributed by atoms with van der Waals surface area (Å²) in [4.78, 5) is 0. The first-order valence-electron chi connectivity index (χ1n) is 7.15. The summed E-state index contributed by atoms with van der Waals surface area (Å²) in [6.45, 7) is 4.08. The van der Waals surface area contributed by atoms with Crippen molar-refractivity contribution in [2.75, 3.05) is 7.11 Å². The van der Waals surface area contributed by atoms with Crippen molar-refractivity contribution in [3.8, 4) is 11.5 Å². The Labute approximate surface area is 126 Å². The van der Waals surface area contributed by atoms with Crippen molar-refractivity contribution < 1.29 is 14.6 Å². The van der Waals surface area contributed by atoms with Crippen LogP contribution in [0.25, 0.3) is 0 Å². The standard InChI is InChI=1S/C18H22O3/c1-13(2)18(17(19)14-7-5-4-6-8-14)21-16-11-9-15(20-3)10-12-16/h4-13,17-19H,1-3H3.